The van der Waals surface area contributed by atoms with Crippen molar-refractivity contribution in [1.29, 1.82) is 0 Å². The van der Waals surface area contributed by atoms with Gasteiger partial charge in [0.1, 0.15) is 5.60 Å². The van der Waals surface area contributed by atoms with Crippen molar-refractivity contribution < 1.29 is 9.53 Å². The Labute approximate surface area is 103 Å². The van der Waals surface area contributed by atoms with E-state index in [9.17, 15) is 4.79 Å². The molecule has 1 atom stereocenters. The van der Waals surface area contributed by atoms with Gasteiger partial charge < -0.3 is 4.74 Å². The normalized spacial score (nSPS) is 13.7. The maximum atomic E-state index is 11.9. The summed E-state index contributed by atoms with van der Waals surface area (Å²) in [5.41, 5.74) is 0.0700. The molecule has 96 valence electrons. The van der Waals surface area contributed by atoms with Gasteiger partial charge in [-0.3, -0.25) is 9.48 Å². The summed E-state index contributed by atoms with van der Waals surface area (Å²) >= 11 is 0. The Bertz CT molecular complexity index is 383. The van der Waals surface area contributed by atoms with Gasteiger partial charge in [-0.05, 0) is 33.3 Å². The van der Waals surface area contributed by atoms with Gasteiger partial charge in [-0.25, -0.2) is 0 Å². The van der Waals surface area contributed by atoms with Crippen molar-refractivity contribution >= 4 is 5.78 Å². The number of aromatic nitrogens is 2. The molecule has 1 aromatic heterocycles. The van der Waals surface area contributed by atoms with Crippen molar-refractivity contribution in [2.45, 2.75) is 52.2 Å². The molecule has 0 aromatic carbocycles. The Balaban J connectivity index is 2.70. The Morgan fingerprint density at radius 3 is 2.76 bits per heavy atom. The van der Waals surface area contributed by atoms with Gasteiger partial charge in [0.2, 0.25) is 0 Å². The molecule has 0 aliphatic rings. The van der Waals surface area contributed by atoms with Crippen LogP contribution >= 0.6 is 0 Å². The number of ether oxygens (including phenoxy) is 1. The Hall–Kier alpha value is -1.16. The molecule has 4 heteroatoms. The Kier molecular flexibility index (Phi) is 4.46. The molecule has 0 spiro atoms. The standard InChI is InChI=1S/C13H22N2O2/c1-6-10(2)15-8-7-11(14-15)9-12(16)13(3,4)17-5/h7-8,10H,6,9H2,1-5H3. The highest BCUT2D eigenvalue weighted by Crippen LogP contribution is 2.14. The predicted octanol–water partition coefficient (Wildman–Crippen LogP) is 2.39. The Morgan fingerprint density at radius 2 is 2.24 bits per heavy atom. The smallest absolute Gasteiger partial charge is 0.170 e. The highest BCUT2D eigenvalue weighted by atomic mass is 16.5. The fourth-order valence-electron chi connectivity index (χ4n) is 1.40. The molecular formula is C13H22N2O2. The SMILES string of the molecule is CCC(C)n1ccc(CC(=O)C(C)(C)OC)n1. The van der Waals surface area contributed by atoms with Crippen molar-refractivity contribution in [3.8, 4) is 0 Å². The molecule has 0 aliphatic heterocycles. The number of methoxy groups -OCH3 is 1. The van der Waals surface area contributed by atoms with Crippen LogP contribution in [0.4, 0.5) is 0 Å². The first-order chi connectivity index (χ1) is 7.90. The van der Waals surface area contributed by atoms with Gasteiger partial charge in [-0.1, -0.05) is 6.92 Å². The average Bonchev–Trinajstić information content (AvgIpc) is 2.76. The number of nitrogens with zero attached hydrogens (tertiary/aromatic N) is 2. The van der Waals surface area contributed by atoms with Gasteiger partial charge in [-0.2, -0.15) is 5.10 Å². The number of ketones is 1. The van der Waals surface area contributed by atoms with Crippen LogP contribution in [0.3, 0.4) is 0 Å². The highest BCUT2D eigenvalue weighted by molar-refractivity contribution is 5.88. The van der Waals surface area contributed by atoms with E-state index in [4.69, 9.17) is 4.74 Å². The molecule has 0 bridgehead atoms. The third-order valence-electron chi connectivity index (χ3n) is 3.23. The van der Waals surface area contributed by atoms with E-state index in [-0.39, 0.29) is 5.78 Å². The van der Waals surface area contributed by atoms with Gasteiger partial charge in [0, 0.05) is 19.3 Å². The number of Topliss-reactive ketones (excluding diaryl/α,β-unsaturated/α-hetero) is 1. The largest absolute Gasteiger partial charge is 0.371 e. The number of hydrogen-bond acceptors (Lipinski definition) is 3. The van der Waals surface area contributed by atoms with Crippen LogP contribution in [0.5, 0.6) is 0 Å². The monoisotopic (exact) mass is 238 g/mol. The fourth-order valence-corrected chi connectivity index (χ4v) is 1.40. The summed E-state index contributed by atoms with van der Waals surface area (Å²) in [5.74, 6) is 0.0504. The van der Waals surface area contributed by atoms with Gasteiger partial charge >= 0.3 is 0 Å². The Morgan fingerprint density at radius 1 is 1.59 bits per heavy atom. The summed E-state index contributed by atoms with van der Waals surface area (Å²) in [6.45, 7) is 7.78. The predicted molar refractivity (Wildman–Crippen MR) is 67.0 cm³/mol. The van der Waals surface area contributed by atoms with Crippen molar-refractivity contribution in [2.75, 3.05) is 7.11 Å². The van der Waals surface area contributed by atoms with Gasteiger partial charge in [0.05, 0.1) is 12.1 Å². The quantitative estimate of drug-likeness (QED) is 0.764. The molecule has 0 saturated carbocycles. The molecule has 1 unspecified atom stereocenters. The van der Waals surface area contributed by atoms with Crippen LogP contribution in [-0.2, 0) is 16.0 Å². The number of carbonyl (C=O) groups is 1. The molecule has 4 nitrogen and oxygen atoms in total. The van der Waals surface area contributed by atoms with Crippen LogP contribution in [-0.4, -0.2) is 28.3 Å². The van der Waals surface area contributed by atoms with E-state index in [0.29, 0.717) is 12.5 Å². The molecule has 0 saturated heterocycles. The van der Waals surface area contributed by atoms with Gasteiger partial charge in [0.15, 0.2) is 5.78 Å². The number of rotatable bonds is 6. The lowest BCUT2D eigenvalue weighted by molar-refractivity contribution is -0.136. The molecule has 17 heavy (non-hydrogen) atoms. The molecule has 0 fully saturated rings. The van der Waals surface area contributed by atoms with Gasteiger partial charge in [-0.15, -0.1) is 0 Å². The summed E-state index contributed by atoms with van der Waals surface area (Å²) in [4.78, 5) is 11.9. The van der Waals surface area contributed by atoms with E-state index in [1.54, 1.807) is 21.0 Å². The van der Waals surface area contributed by atoms with E-state index in [1.165, 1.54) is 0 Å². The van der Waals surface area contributed by atoms with E-state index >= 15 is 0 Å². The first-order valence-corrected chi connectivity index (χ1v) is 6.03. The van der Waals surface area contributed by atoms with E-state index in [0.717, 1.165) is 12.1 Å². The maximum Gasteiger partial charge on any atom is 0.170 e. The summed E-state index contributed by atoms with van der Waals surface area (Å²) in [6.07, 6.45) is 3.28. The average molecular weight is 238 g/mol. The van der Waals surface area contributed by atoms with E-state index < -0.39 is 5.60 Å². The maximum absolute atomic E-state index is 11.9. The lowest BCUT2D eigenvalue weighted by atomic mass is 9.99. The first kappa shape index (κ1) is 13.9. The van der Waals surface area contributed by atoms with Crippen LogP contribution in [0.1, 0.15) is 45.9 Å². The van der Waals surface area contributed by atoms with E-state index in [2.05, 4.69) is 18.9 Å². The van der Waals surface area contributed by atoms with Crippen molar-refractivity contribution in [1.82, 2.24) is 9.78 Å². The zero-order valence-electron chi connectivity index (χ0n) is 11.4. The first-order valence-electron chi connectivity index (χ1n) is 6.03. The topological polar surface area (TPSA) is 44.1 Å². The minimum atomic E-state index is -0.736. The summed E-state index contributed by atoms with van der Waals surface area (Å²) < 4.78 is 7.07. The van der Waals surface area contributed by atoms with Crippen LogP contribution in [0.15, 0.2) is 12.3 Å². The second-order valence-corrected chi connectivity index (χ2v) is 4.86. The van der Waals surface area contributed by atoms with Crippen LogP contribution < -0.4 is 0 Å². The molecule has 1 aromatic rings. The third-order valence-corrected chi connectivity index (χ3v) is 3.23. The van der Waals surface area contributed by atoms with Crippen molar-refractivity contribution in [3.63, 3.8) is 0 Å². The molecule has 0 radical (unpaired) electrons. The van der Waals surface area contributed by atoms with Crippen LogP contribution in [0.2, 0.25) is 0 Å². The van der Waals surface area contributed by atoms with Crippen molar-refractivity contribution in [2.24, 2.45) is 0 Å². The third kappa shape index (κ3) is 3.40. The fraction of sp³-hybridized carbons (Fsp3) is 0.692. The molecule has 0 aliphatic carbocycles. The molecule has 1 heterocycles. The zero-order chi connectivity index (χ0) is 13.1. The molecule has 1 rings (SSSR count). The molecule has 0 amide bonds. The minimum absolute atomic E-state index is 0.0504. The number of hydrogen-bond donors (Lipinski definition) is 0. The second-order valence-electron chi connectivity index (χ2n) is 4.86. The zero-order valence-corrected chi connectivity index (χ0v) is 11.4. The minimum Gasteiger partial charge on any atom is -0.371 e. The molecular weight excluding hydrogens is 216 g/mol. The van der Waals surface area contributed by atoms with Gasteiger partial charge in [0.25, 0.3) is 0 Å². The van der Waals surface area contributed by atoms with Crippen LogP contribution in [0.25, 0.3) is 0 Å². The summed E-state index contributed by atoms with van der Waals surface area (Å²) in [6, 6.07) is 2.27. The summed E-state index contributed by atoms with van der Waals surface area (Å²) in [5, 5.41) is 4.41. The van der Waals surface area contributed by atoms with Crippen LogP contribution in [0, 0.1) is 0 Å². The number of carbonyl (C=O) groups excluding carboxylic acids is 1. The lowest BCUT2D eigenvalue weighted by Gasteiger charge is -2.20. The molecule has 0 N–H and O–H groups in total. The summed E-state index contributed by atoms with van der Waals surface area (Å²) in [7, 11) is 1.55. The van der Waals surface area contributed by atoms with Crippen molar-refractivity contribution in [3.05, 3.63) is 18.0 Å². The highest BCUT2D eigenvalue weighted by Gasteiger charge is 2.27. The van der Waals surface area contributed by atoms with E-state index in [1.807, 2.05) is 16.9 Å². The second kappa shape index (κ2) is 5.45. The lowest BCUT2D eigenvalue weighted by Crippen LogP contribution is -2.35.